The highest BCUT2D eigenvalue weighted by Crippen LogP contribution is 2.11. The number of hydrogen-bond acceptors (Lipinski definition) is 4. The van der Waals surface area contributed by atoms with Gasteiger partial charge in [-0.2, -0.15) is 5.26 Å². The molecule has 0 aliphatic heterocycles. The van der Waals surface area contributed by atoms with Crippen molar-refractivity contribution in [2.45, 2.75) is 25.3 Å². The molecule has 21 heavy (non-hydrogen) atoms. The third-order valence-corrected chi connectivity index (χ3v) is 2.75. The van der Waals surface area contributed by atoms with Crippen molar-refractivity contribution in [3.63, 3.8) is 0 Å². The minimum absolute atomic E-state index is 0.189. The lowest BCUT2D eigenvalue weighted by Crippen LogP contribution is -2.41. The maximum atomic E-state index is 13.5. The molecule has 0 spiro atoms. The lowest BCUT2D eigenvalue weighted by atomic mass is 10.1. The molecular formula is C14H14F2N2O3. The van der Waals surface area contributed by atoms with Crippen LogP contribution in [-0.4, -0.2) is 25.0 Å². The number of carbonyl (C=O) groups excluding carboxylic acids is 2. The highest BCUT2D eigenvalue weighted by atomic mass is 19.1. The number of nitrogens with zero attached hydrogens (tertiary/aromatic N) is 1. The third-order valence-electron chi connectivity index (χ3n) is 2.75. The summed E-state index contributed by atoms with van der Waals surface area (Å²) in [6.07, 6.45) is 0.783. The number of nitriles is 1. The van der Waals surface area contributed by atoms with E-state index in [9.17, 15) is 18.4 Å². The summed E-state index contributed by atoms with van der Waals surface area (Å²) < 4.78 is 30.8. The molecule has 0 saturated carbocycles. The van der Waals surface area contributed by atoms with Crippen molar-refractivity contribution in [1.82, 2.24) is 5.32 Å². The van der Waals surface area contributed by atoms with Gasteiger partial charge in [0.15, 0.2) is 0 Å². The van der Waals surface area contributed by atoms with Gasteiger partial charge in [0, 0.05) is 12.5 Å². The van der Waals surface area contributed by atoms with Gasteiger partial charge in [0.25, 0.3) is 5.91 Å². The van der Waals surface area contributed by atoms with Gasteiger partial charge >= 0.3 is 5.97 Å². The smallest absolute Gasteiger partial charge is 0.328 e. The zero-order valence-corrected chi connectivity index (χ0v) is 11.4. The fourth-order valence-electron chi connectivity index (χ4n) is 1.69. The van der Waals surface area contributed by atoms with Crippen molar-refractivity contribution in [2.24, 2.45) is 0 Å². The Morgan fingerprint density at radius 1 is 1.43 bits per heavy atom. The first-order valence-corrected chi connectivity index (χ1v) is 6.20. The van der Waals surface area contributed by atoms with Crippen molar-refractivity contribution in [1.29, 1.82) is 5.26 Å². The fraction of sp³-hybridized carbons (Fsp3) is 0.357. The molecule has 1 amide bonds. The quantitative estimate of drug-likeness (QED) is 0.642. The number of esters is 1. The van der Waals surface area contributed by atoms with Gasteiger partial charge in [-0.3, -0.25) is 4.79 Å². The zero-order valence-electron chi connectivity index (χ0n) is 11.4. The van der Waals surface area contributed by atoms with Crippen molar-refractivity contribution < 1.29 is 23.1 Å². The van der Waals surface area contributed by atoms with Crippen LogP contribution in [0.4, 0.5) is 8.78 Å². The molecule has 0 heterocycles. The molecule has 0 bridgehead atoms. The number of ether oxygens (including phenoxy) is 1. The highest BCUT2D eigenvalue weighted by molar-refractivity contribution is 5.96. The van der Waals surface area contributed by atoms with E-state index in [1.807, 2.05) is 6.07 Å². The van der Waals surface area contributed by atoms with Crippen LogP contribution in [0.5, 0.6) is 0 Å². The molecular weight excluding hydrogens is 282 g/mol. The second-order valence-electron chi connectivity index (χ2n) is 4.22. The second-order valence-corrected chi connectivity index (χ2v) is 4.22. The topological polar surface area (TPSA) is 79.2 Å². The molecule has 1 aromatic rings. The third kappa shape index (κ3) is 4.84. The summed E-state index contributed by atoms with van der Waals surface area (Å²) in [5, 5.41) is 10.8. The van der Waals surface area contributed by atoms with Crippen LogP contribution in [-0.2, 0) is 9.53 Å². The number of nitrogens with one attached hydrogen (secondary N) is 1. The summed E-state index contributed by atoms with van der Waals surface area (Å²) in [6, 6.07) is 3.44. The Labute approximate surface area is 120 Å². The first-order valence-electron chi connectivity index (χ1n) is 6.20. The molecule has 0 aromatic heterocycles. The molecule has 112 valence electrons. The van der Waals surface area contributed by atoms with E-state index in [1.165, 1.54) is 0 Å². The Morgan fingerprint density at radius 3 is 2.71 bits per heavy atom. The lowest BCUT2D eigenvalue weighted by molar-refractivity contribution is -0.143. The Morgan fingerprint density at radius 2 is 2.14 bits per heavy atom. The van der Waals surface area contributed by atoms with Crippen LogP contribution in [0.2, 0.25) is 0 Å². The predicted molar refractivity (Wildman–Crippen MR) is 69.1 cm³/mol. The number of hydrogen-bond donors (Lipinski definition) is 1. The first-order chi connectivity index (χ1) is 9.99. The van der Waals surface area contributed by atoms with Crippen molar-refractivity contribution in [3.05, 3.63) is 35.4 Å². The Hall–Kier alpha value is -2.49. The van der Waals surface area contributed by atoms with E-state index >= 15 is 0 Å². The summed E-state index contributed by atoms with van der Waals surface area (Å²) in [5.74, 6) is -3.36. The Bertz CT molecular complexity index is 570. The molecule has 0 unspecified atom stereocenters. The molecule has 1 aromatic carbocycles. The van der Waals surface area contributed by atoms with Crippen molar-refractivity contribution >= 4 is 11.9 Å². The van der Waals surface area contributed by atoms with E-state index in [4.69, 9.17) is 5.26 Å². The van der Waals surface area contributed by atoms with Crippen LogP contribution < -0.4 is 5.32 Å². The normalized spacial score (nSPS) is 11.3. The van der Waals surface area contributed by atoms with E-state index < -0.39 is 29.6 Å². The van der Waals surface area contributed by atoms with Crippen molar-refractivity contribution in [2.75, 3.05) is 7.11 Å². The molecule has 0 fully saturated rings. The Kier molecular flexibility index (Phi) is 6.27. The van der Waals surface area contributed by atoms with Crippen molar-refractivity contribution in [3.8, 4) is 6.07 Å². The zero-order chi connectivity index (χ0) is 15.8. The van der Waals surface area contributed by atoms with Crippen LogP contribution >= 0.6 is 0 Å². The molecule has 0 aliphatic carbocycles. The summed E-state index contributed by atoms with van der Waals surface area (Å²) in [7, 11) is 1.16. The summed E-state index contributed by atoms with van der Waals surface area (Å²) in [6.45, 7) is 0. The van der Waals surface area contributed by atoms with Gasteiger partial charge in [-0.25, -0.2) is 13.6 Å². The van der Waals surface area contributed by atoms with Crippen LogP contribution in [0.1, 0.15) is 29.6 Å². The molecule has 0 saturated heterocycles. The summed E-state index contributed by atoms with van der Waals surface area (Å²) in [4.78, 5) is 23.4. The van der Waals surface area contributed by atoms with Crippen LogP contribution in [0.25, 0.3) is 0 Å². The minimum atomic E-state index is -1.02. The number of halogens is 2. The van der Waals surface area contributed by atoms with Crippen LogP contribution in [0.3, 0.4) is 0 Å². The molecule has 0 radical (unpaired) electrons. The minimum Gasteiger partial charge on any atom is -0.467 e. The molecule has 1 N–H and O–H groups in total. The van der Waals surface area contributed by atoms with Gasteiger partial charge in [-0.15, -0.1) is 0 Å². The lowest BCUT2D eigenvalue weighted by Gasteiger charge is -2.16. The second kappa shape index (κ2) is 7.94. The average molecular weight is 296 g/mol. The van der Waals surface area contributed by atoms with E-state index in [2.05, 4.69) is 10.1 Å². The number of methoxy groups -OCH3 is 1. The van der Waals surface area contributed by atoms with E-state index in [-0.39, 0.29) is 18.4 Å². The maximum absolute atomic E-state index is 13.5. The van der Waals surface area contributed by atoms with E-state index in [0.717, 1.165) is 19.2 Å². The number of amides is 1. The highest BCUT2D eigenvalue weighted by Gasteiger charge is 2.23. The van der Waals surface area contributed by atoms with Gasteiger partial charge in [-0.1, -0.05) is 0 Å². The SMILES string of the molecule is COC(=O)[C@@H](CCCC#N)NC(=O)c1ccc(F)cc1F. The standard InChI is InChI=1S/C14H14F2N2O3/c1-21-14(20)12(4-2-3-7-17)18-13(19)10-6-5-9(15)8-11(10)16/h5-6,8,12H,2-4H2,1H3,(H,18,19)/t12-/m1/s1. The average Bonchev–Trinajstić information content (AvgIpc) is 2.45. The largest absolute Gasteiger partial charge is 0.467 e. The fourth-order valence-corrected chi connectivity index (χ4v) is 1.69. The van der Waals surface area contributed by atoms with Crippen LogP contribution in [0, 0.1) is 23.0 Å². The van der Waals surface area contributed by atoms with E-state index in [1.54, 1.807) is 0 Å². The van der Waals surface area contributed by atoms with Gasteiger partial charge in [-0.05, 0) is 25.0 Å². The molecule has 0 aliphatic rings. The van der Waals surface area contributed by atoms with Gasteiger partial charge in [0.2, 0.25) is 0 Å². The molecule has 5 nitrogen and oxygen atoms in total. The first kappa shape index (κ1) is 16.6. The maximum Gasteiger partial charge on any atom is 0.328 e. The number of benzene rings is 1. The predicted octanol–water partition coefficient (Wildman–Crippen LogP) is 1.93. The Balaban J connectivity index is 2.79. The molecule has 1 rings (SSSR count). The van der Waals surface area contributed by atoms with Crippen LogP contribution in [0.15, 0.2) is 18.2 Å². The number of unbranched alkanes of at least 4 members (excludes halogenated alkanes) is 1. The monoisotopic (exact) mass is 296 g/mol. The number of carbonyl (C=O) groups is 2. The van der Waals surface area contributed by atoms with Gasteiger partial charge in [0.05, 0.1) is 18.7 Å². The van der Waals surface area contributed by atoms with Gasteiger partial charge in [0.1, 0.15) is 17.7 Å². The summed E-state index contributed by atoms with van der Waals surface area (Å²) in [5.41, 5.74) is -0.370. The number of rotatable bonds is 6. The van der Waals surface area contributed by atoms with Gasteiger partial charge < -0.3 is 10.1 Å². The molecule has 7 heteroatoms. The summed E-state index contributed by atoms with van der Waals surface area (Å²) >= 11 is 0. The van der Waals surface area contributed by atoms with E-state index in [0.29, 0.717) is 12.5 Å². The molecule has 1 atom stereocenters.